The zero-order valence-corrected chi connectivity index (χ0v) is 25.6. The second kappa shape index (κ2) is 11.9. The highest BCUT2D eigenvalue weighted by Gasteiger charge is 2.45. The average molecular weight is 637 g/mol. The van der Waals surface area contributed by atoms with Crippen molar-refractivity contribution in [2.45, 2.75) is 18.4 Å². The van der Waals surface area contributed by atoms with E-state index in [0.717, 1.165) is 48.8 Å². The summed E-state index contributed by atoms with van der Waals surface area (Å²) in [4.78, 5) is 20.7. The van der Waals surface area contributed by atoms with Crippen molar-refractivity contribution in [3.8, 4) is 5.75 Å². The third kappa shape index (κ3) is 5.66. The van der Waals surface area contributed by atoms with E-state index in [2.05, 4.69) is 26.9 Å². The maximum atomic E-state index is 11.9. The topological polar surface area (TPSA) is 87.1 Å². The summed E-state index contributed by atoms with van der Waals surface area (Å²) in [5.74, 6) is -0.687. The molecule has 0 bridgehead atoms. The van der Waals surface area contributed by atoms with Gasteiger partial charge >= 0.3 is 5.76 Å². The zero-order chi connectivity index (χ0) is 30.3. The molecule has 12 heteroatoms. The number of benzene rings is 3. The van der Waals surface area contributed by atoms with Crippen LogP contribution >= 0.6 is 23.2 Å². The molecule has 2 atom stereocenters. The number of nitrogens with zero attached hydrogens (tertiary/aromatic N) is 5. The fraction of sp³-hybridized carbons (Fsp3) is 0.312. The molecule has 0 saturated carbocycles. The van der Waals surface area contributed by atoms with E-state index in [1.807, 2.05) is 47.2 Å². The second-order valence-electron chi connectivity index (χ2n) is 11.0. The third-order valence-electron chi connectivity index (χ3n) is 8.21. The molecule has 5 aromatic rings. The van der Waals surface area contributed by atoms with Crippen LogP contribution in [0.2, 0.25) is 10.0 Å². The molecule has 0 amide bonds. The monoisotopic (exact) mass is 635 g/mol. The predicted octanol–water partition coefficient (Wildman–Crippen LogP) is 5.31. The molecule has 0 aliphatic carbocycles. The van der Waals surface area contributed by atoms with Crippen molar-refractivity contribution in [3.63, 3.8) is 0 Å². The first kappa shape index (κ1) is 28.8. The number of rotatable bonds is 8. The number of aryl methyl sites for hydroxylation is 1. The number of hydrogen-bond acceptors (Lipinski definition) is 8. The number of fused-ring (bicyclic) bond motifs is 1. The molecule has 2 aliphatic heterocycles. The van der Waals surface area contributed by atoms with Gasteiger partial charge in [-0.15, -0.1) is 0 Å². The maximum Gasteiger partial charge on any atom is 0.419 e. The fourth-order valence-electron chi connectivity index (χ4n) is 5.86. The van der Waals surface area contributed by atoms with Crippen LogP contribution in [-0.2, 0) is 28.9 Å². The highest BCUT2D eigenvalue weighted by atomic mass is 35.5. The van der Waals surface area contributed by atoms with Gasteiger partial charge in [0.05, 0.1) is 30.0 Å². The van der Waals surface area contributed by atoms with Crippen LogP contribution in [0.3, 0.4) is 0 Å². The minimum absolute atomic E-state index is 0.304. The molecule has 0 radical (unpaired) electrons. The number of aromatic nitrogens is 3. The Labute approximate surface area is 263 Å². The molecule has 2 unspecified atom stereocenters. The molecule has 0 N–H and O–H groups in total. The van der Waals surface area contributed by atoms with E-state index < -0.39 is 5.79 Å². The number of imidazole rings is 1. The molecule has 10 nitrogen and oxygen atoms in total. The van der Waals surface area contributed by atoms with Crippen molar-refractivity contribution < 1.29 is 18.6 Å². The maximum absolute atomic E-state index is 11.9. The average Bonchev–Trinajstić information content (AvgIpc) is 3.76. The Morgan fingerprint density at radius 2 is 1.73 bits per heavy atom. The van der Waals surface area contributed by atoms with E-state index in [9.17, 15) is 4.79 Å². The van der Waals surface area contributed by atoms with Crippen LogP contribution in [0.5, 0.6) is 5.75 Å². The number of ether oxygens (including phenoxy) is 3. The lowest BCUT2D eigenvalue weighted by molar-refractivity contribution is -0.189. The van der Waals surface area contributed by atoms with E-state index in [1.54, 1.807) is 31.7 Å². The summed E-state index contributed by atoms with van der Waals surface area (Å²) in [5.41, 5.74) is 4.31. The Balaban J connectivity index is 0.957. The molecule has 2 aromatic heterocycles. The number of anilines is 2. The first-order valence-corrected chi connectivity index (χ1v) is 15.2. The van der Waals surface area contributed by atoms with Crippen molar-refractivity contribution in [1.82, 2.24) is 14.1 Å². The minimum atomic E-state index is -1.09. The summed E-state index contributed by atoms with van der Waals surface area (Å²) < 4.78 is 27.7. The van der Waals surface area contributed by atoms with Crippen LogP contribution in [0, 0.1) is 0 Å². The number of oxazole rings is 1. The van der Waals surface area contributed by atoms with E-state index in [4.69, 9.17) is 41.8 Å². The molecule has 2 aliphatic rings. The van der Waals surface area contributed by atoms with Crippen LogP contribution < -0.4 is 20.3 Å². The zero-order valence-electron chi connectivity index (χ0n) is 24.1. The highest BCUT2D eigenvalue weighted by Crippen LogP contribution is 2.40. The van der Waals surface area contributed by atoms with E-state index in [-0.39, 0.29) is 11.9 Å². The summed E-state index contributed by atoms with van der Waals surface area (Å²) in [6.07, 6.45) is 4.98. The molecule has 3 aromatic carbocycles. The van der Waals surface area contributed by atoms with Gasteiger partial charge < -0.3 is 33.0 Å². The van der Waals surface area contributed by atoms with Gasteiger partial charge in [0, 0.05) is 73.6 Å². The highest BCUT2D eigenvalue weighted by molar-refractivity contribution is 6.35. The molecule has 44 heavy (non-hydrogen) atoms. The van der Waals surface area contributed by atoms with Gasteiger partial charge in [-0.2, -0.15) is 0 Å². The first-order valence-electron chi connectivity index (χ1n) is 14.4. The van der Waals surface area contributed by atoms with Gasteiger partial charge in [0.2, 0.25) is 5.79 Å². The van der Waals surface area contributed by atoms with Gasteiger partial charge in [0.25, 0.3) is 0 Å². The molecule has 4 heterocycles. The van der Waals surface area contributed by atoms with E-state index >= 15 is 0 Å². The van der Waals surface area contributed by atoms with Crippen molar-refractivity contribution in [3.05, 3.63) is 106 Å². The number of hydrogen-bond donors (Lipinski definition) is 0. The molecular formula is C32H31Cl2N5O5. The summed E-state index contributed by atoms with van der Waals surface area (Å²) in [6, 6.07) is 19.4. The molecule has 0 spiro atoms. The first-order chi connectivity index (χ1) is 21.4. The summed E-state index contributed by atoms with van der Waals surface area (Å²) in [6.45, 7) is 4.51. The predicted molar refractivity (Wildman–Crippen MR) is 169 cm³/mol. The van der Waals surface area contributed by atoms with Crippen LogP contribution in [0.25, 0.3) is 11.1 Å². The van der Waals surface area contributed by atoms with Gasteiger partial charge in [-0.3, -0.25) is 4.57 Å². The van der Waals surface area contributed by atoms with Crippen molar-refractivity contribution in [2.75, 3.05) is 49.2 Å². The molecule has 2 fully saturated rings. The molecule has 2 saturated heterocycles. The Kier molecular flexibility index (Phi) is 7.75. The molecule has 7 rings (SSSR count). The lowest BCUT2D eigenvalue weighted by Crippen LogP contribution is -2.46. The van der Waals surface area contributed by atoms with Crippen LogP contribution in [0.4, 0.5) is 11.4 Å². The van der Waals surface area contributed by atoms with Gasteiger partial charge in [-0.25, -0.2) is 9.78 Å². The number of piperazine rings is 1. The third-order valence-corrected chi connectivity index (χ3v) is 8.76. The van der Waals surface area contributed by atoms with Crippen LogP contribution in [0.15, 0.2) is 88.6 Å². The fourth-order valence-corrected chi connectivity index (χ4v) is 6.41. The minimum Gasteiger partial charge on any atom is -0.491 e. The standard InChI is InChI=1S/C32H31Cl2N5O5/c1-36-29-9-5-24(17-30(29)43-31(36)40)39-14-12-38(13-15-39)23-3-6-25(7-4-23)41-18-26-19-42-32(44-26,20-37-11-10-35-21-37)27-8-2-22(33)16-28(27)34/h2-11,16-17,21,26H,12-15,18-20H2,1H3. The quantitative estimate of drug-likeness (QED) is 0.227. The van der Waals surface area contributed by atoms with E-state index in [0.29, 0.717) is 41.0 Å². The van der Waals surface area contributed by atoms with Gasteiger partial charge in [-0.05, 0) is 48.5 Å². The summed E-state index contributed by atoms with van der Waals surface area (Å²) in [7, 11) is 1.72. The molecule has 228 valence electrons. The second-order valence-corrected chi connectivity index (χ2v) is 11.9. The van der Waals surface area contributed by atoms with Crippen molar-refractivity contribution in [2.24, 2.45) is 7.05 Å². The Bertz CT molecular complexity index is 1820. The summed E-state index contributed by atoms with van der Waals surface area (Å²) >= 11 is 12.7. The Morgan fingerprint density at radius 3 is 2.45 bits per heavy atom. The van der Waals surface area contributed by atoms with Crippen LogP contribution in [-0.4, -0.2) is 59.6 Å². The largest absolute Gasteiger partial charge is 0.491 e. The van der Waals surface area contributed by atoms with Crippen molar-refractivity contribution in [1.29, 1.82) is 0 Å². The van der Waals surface area contributed by atoms with Crippen molar-refractivity contribution >= 4 is 45.7 Å². The smallest absolute Gasteiger partial charge is 0.419 e. The lowest BCUT2D eigenvalue weighted by atomic mass is 10.1. The Hall–Kier alpha value is -3.96. The Morgan fingerprint density at radius 1 is 0.977 bits per heavy atom. The van der Waals surface area contributed by atoms with Crippen LogP contribution in [0.1, 0.15) is 5.56 Å². The normalized spacial score (nSPS) is 20.5. The van der Waals surface area contributed by atoms with Gasteiger partial charge in [0.1, 0.15) is 18.5 Å². The lowest BCUT2D eigenvalue weighted by Gasteiger charge is -2.37. The molecular weight excluding hydrogens is 605 g/mol. The van der Waals surface area contributed by atoms with Gasteiger partial charge in [0.15, 0.2) is 5.58 Å². The summed E-state index contributed by atoms with van der Waals surface area (Å²) in [5, 5.41) is 1.02. The van der Waals surface area contributed by atoms with E-state index in [1.165, 1.54) is 4.57 Å². The number of halogens is 2. The SMILES string of the molecule is Cn1c(=O)oc2cc(N3CCN(c4ccc(OCC5COC(Cn6ccnc6)(c6ccc(Cl)cc6Cl)O5)cc4)CC3)ccc21. The van der Waals surface area contributed by atoms with Gasteiger partial charge in [-0.1, -0.05) is 29.3 Å².